The average molecular weight is 915 g/mol. The Morgan fingerprint density at radius 3 is 2.35 bits per heavy atom. The zero-order chi connectivity index (χ0) is 46.8. The SMILES string of the molecule is CCCCc1c(NC(=O)OC)ccc2c1nc(Cc1ccccc1)n2[C@H]1CCC[C@H](C(=O)N2CCN(c3ncc(C(=O)NC4C(C)(C)C(Oc5ccc(C#N)c(Cl)c5)C4(C)C)cn3)CC2)C1. The van der Waals surface area contributed by atoms with Gasteiger partial charge in [0.1, 0.15) is 23.7 Å². The Hall–Kier alpha value is -6.20. The van der Waals surface area contributed by atoms with E-state index in [4.69, 9.17) is 26.1 Å². The molecule has 0 radical (unpaired) electrons. The minimum Gasteiger partial charge on any atom is -0.489 e. The molecule has 3 fully saturated rings. The molecule has 346 valence electrons. The zero-order valence-corrected chi connectivity index (χ0v) is 39.5. The van der Waals surface area contributed by atoms with Crippen molar-refractivity contribution >= 4 is 52.2 Å². The number of ether oxygens (including phenoxy) is 2. The molecule has 2 atom stereocenters. The Balaban J connectivity index is 0.906. The molecule has 15 heteroatoms. The molecular formula is C51H60ClN9O5. The van der Waals surface area contributed by atoms with Crippen LogP contribution in [0.25, 0.3) is 11.0 Å². The Morgan fingerprint density at radius 1 is 0.955 bits per heavy atom. The van der Waals surface area contributed by atoms with E-state index in [0.717, 1.165) is 72.9 Å². The van der Waals surface area contributed by atoms with Crippen molar-refractivity contribution in [1.82, 2.24) is 29.7 Å². The molecule has 0 spiro atoms. The Kier molecular flexibility index (Phi) is 13.6. The number of carbonyl (C=O) groups is 3. The lowest BCUT2D eigenvalue weighted by molar-refractivity contribution is -0.164. The van der Waals surface area contributed by atoms with Crippen molar-refractivity contribution in [2.75, 3.05) is 43.5 Å². The molecule has 2 aliphatic carbocycles. The number of fused-ring (bicyclic) bond motifs is 1. The predicted octanol–water partition coefficient (Wildman–Crippen LogP) is 9.16. The highest BCUT2D eigenvalue weighted by atomic mass is 35.5. The first kappa shape index (κ1) is 46.3. The van der Waals surface area contributed by atoms with Crippen LogP contribution >= 0.6 is 11.6 Å². The summed E-state index contributed by atoms with van der Waals surface area (Å²) in [5, 5.41) is 15.7. The van der Waals surface area contributed by atoms with Gasteiger partial charge in [0.05, 0.1) is 34.3 Å². The van der Waals surface area contributed by atoms with Crippen LogP contribution in [0.5, 0.6) is 5.75 Å². The highest BCUT2D eigenvalue weighted by Crippen LogP contribution is 2.55. The van der Waals surface area contributed by atoms with Crippen LogP contribution in [0, 0.1) is 28.1 Å². The molecular weight excluding hydrogens is 854 g/mol. The number of unbranched alkanes of at least 4 members (excludes halogenated alkanes) is 1. The number of imidazole rings is 1. The van der Waals surface area contributed by atoms with Crippen LogP contribution in [-0.2, 0) is 22.4 Å². The van der Waals surface area contributed by atoms with Gasteiger partial charge in [-0.15, -0.1) is 0 Å². The summed E-state index contributed by atoms with van der Waals surface area (Å²) in [6, 6.07) is 21.4. The van der Waals surface area contributed by atoms with Gasteiger partial charge in [-0.25, -0.2) is 19.7 Å². The van der Waals surface area contributed by atoms with Gasteiger partial charge >= 0.3 is 6.09 Å². The van der Waals surface area contributed by atoms with Crippen molar-refractivity contribution in [1.29, 1.82) is 5.26 Å². The molecule has 3 heterocycles. The minimum atomic E-state index is -0.510. The molecule has 0 bridgehead atoms. The maximum atomic E-state index is 14.3. The quantitative estimate of drug-likeness (QED) is 0.116. The Morgan fingerprint density at radius 2 is 1.68 bits per heavy atom. The molecule has 1 aliphatic heterocycles. The monoisotopic (exact) mass is 913 g/mol. The molecule has 3 aromatic carbocycles. The third-order valence-electron chi connectivity index (χ3n) is 14.0. The smallest absolute Gasteiger partial charge is 0.411 e. The molecule has 0 unspecified atom stereocenters. The second kappa shape index (κ2) is 19.3. The summed E-state index contributed by atoms with van der Waals surface area (Å²) in [5.74, 6) is 1.86. The number of rotatable bonds is 13. The largest absolute Gasteiger partial charge is 0.489 e. The van der Waals surface area contributed by atoms with Crippen LogP contribution in [-0.4, -0.2) is 87.8 Å². The molecule has 3 aliphatic rings. The number of piperazine rings is 1. The van der Waals surface area contributed by atoms with Crippen LogP contribution in [0.2, 0.25) is 5.02 Å². The topological polar surface area (TPSA) is 168 Å². The van der Waals surface area contributed by atoms with Crippen molar-refractivity contribution in [2.45, 2.75) is 104 Å². The predicted molar refractivity (Wildman–Crippen MR) is 255 cm³/mol. The molecule has 5 aromatic rings. The van der Waals surface area contributed by atoms with Crippen LogP contribution in [0.3, 0.4) is 0 Å². The fraction of sp³-hybridized carbons (Fsp3) is 0.471. The van der Waals surface area contributed by atoms with Crippen LogP contribution in [0.15, 0.2) is 73.1 Å². The van der Waals surface area contributed by atoms with Gasteiger partial charge in [0.15, 0.2) is 0 Å². The average Bonchev–Trinajstić information content (AvgIpc) is 3.69. The summed E-state index contributed by atoms with van der Waals surface area (Å²) in [5.41, 5.74) is 4.72. The number of nitrogens with zero attached hydrogens (tertiary/aromatic N) is 7. The maximum Gasteiger partial charge on any atom is 0.411 e. The first-order chi connectivity index (χ1) is 31.7. The number of nitrogens with one attached hydrogen (secondary N) is 2. The number of benzene rings is 3. The first-order valence-corrected chi connectivity index (χ1v) is 23.6. The fourth-order valence-corrected chi connectivity index (χ4v) is 11.1. The van der Waals surface area contributed by atoms with Crippen LogP contribution in [0.1, 0.15) is 112 Å². The molecule has 2 aromatic heterocycles. The molecule has 14 nitrogen and oxygen atoms in total. The lowest BCUT2D eigenvalue weighted by Gasteiger charge is -2.63. The van der Waals surface area contributed by atoms with Crippen molar-refractivity contribution in [3.05, 3.63) is 106 Å². The van der Waals surface area contributed by atoms with Gasteiger partial charge in [-0.05, 0) is 61.9 Å². The normalized spacial score (nSPS) is 21.1. The summed E-state index contributed by atoms with van der Waals surface area (Å²) in [6.45, 7) is 12.7. The number of aryl methyl sites for hydroxylation is 1. The van der Waals surface area contributed by atoms with Crippen LogP contribution < -0.4 is 20.3 Å². The highest BCUT2D eigenvalue weighted by Gasteiger charge is 2.64. The molecule has 1 saturated heterocycles. The first-order valence-electron chi connectivity index (χ1n) is 23.2. The Bertz CT molecular complexity index is 2600. The zero-order valence-electron chi connectivity index (χ0n) is 38.8. The summed E-state index contributed by atoms with van der Waals surface area (Å²) in [6.07, 6.45) is 9.21. The number of methoxy groups -OCH3 is 1. The lowest BCUT2D eigenvalue weighted by Crippen LogP contribution is -2.74. The van der Waals surface area contributed by atoms with E-state index in [1.54, 1.807) is 30.6 Å². The van der Waals surface area contributed by atoms with Gasteiger partial charge in [-0.2, -0.15) is 5.26 Å². The van der Waals surface area contributed by atoms with E-state index in [-0.39, 0.29) is 35.9 Å². The van der Waals surface area contributed by atoms with Gasteiger partial charge in [0.25, 0.3) is 5.91 Å². The maximum absolute atomic E-state index is 14.3. The van der Waals surface area contributed by atoms with E-state index in [9.17, 15) is 19.6 Å². The number of halogens is 1. The second-order valence-corrected chi connectivity index (χ2v) is 19.5. The van der Waals surface area contributed by atoms with Gasteiger partial charge < -0.3 is 29.2 Å². The number of carbonyl (C=O) groups excluding carboxylic acids is 3. The van der Waals surface area contributed by atoms with Crippen molar-refractivity contribution in [3.63, 3.8) is 0 Å². The number of aromatic nitrogens is 4. The summed E-state index contributed by atoms with van der Waals surface area (Å²) < 4.78 is 13.7. The van der Waals surface area contributed by atoms with Crippen molar-refractivity contribution in [3.8, 4) is 11.8 Å². The van der Waals surface area contributed by atoms with Gasteiger partial charge in [-0.3, -0.25) is 14.9 Å². The fourth-order valence-electron chi connectivity index (χ4n) is 10.9. The number of hydrogen-bond acceptors (Lipinski definition) is 10. The van der Waals surface area contributed by atoms with Gasteiger partial charge in [0.2, 0.25) is 11.9 Å². The number of amides is 3. The van der Waals surface area contributed by atoms with E-state index < -0.39 is 16.9 Å². The number of anilines is 2. The second-order valence-electron chi connectivity index (χ2n) is 19.1. The van der Waals surface area contributed by atoms with Gasteiger partial charge in [-0.1, -0.05) is 89.4 Å². The van der Waals surface area contributed by atoms with E-state index in [2.05, 4.69) is 89.0 Å². The van der Waals surface area contributed by atoms with E-state index in [1.165, 1.54) is 7.11 Å². The molecule has 2 N–H and O–H groups in total. The van der Waals surface area contributed by atoms with Crippen LogP contribution in [0.4, 0.5) is 16.4 Å². The van der Waals surface area contributed by atoms with E-state index in [1.807, 2.05) is 29.2 Å². The summed E-state index contributed by atoms with van der Waals surface area (Å²) >= 11 is 6.27. The third kappa shape index (κ3) is 9.27. The number of hydrogen-bond donors (Lipinski definition) is 2. The van der Waals surface area contributed by atoms with Crippen molar-refractivity contribution < 1.29 is 23.9 Å². The minimum absolute atomic E-state index is 0.0879. The molecule has 2 saturated carbocycles. The Labute approximate surface area is 392 Å². The van der Waals surface area contributed by atoms with E-state index >= 15 is 0 Å². The van der Waals surface area contributed by atoms with E-state index in [0.29, 0.717) is 66.1 Å². The third-order valence-corrected chi connectivity index (χ3v) is 14.3. The molecule has 8 rings (SSSR count). The van der Waals surface area contributed by atoms with Gasteiger partial charge in [0, 0.05) is 91.1 Å². The standard InChI is InChI=1S/C51H60ClN9O5/c1-7-8-17-38-40(56-49(64)65-6)20-21-41-43(38)57-42(26-32-13-10-9-11-14-32)61(41)36-16-12-15-33(27-36)45(63)59-22-24-60(25-23-59)48-54-30-35(31-55-48)44(62)58-46-50(2,3)47(51(46,4)5)66-37-19-18-34(29-53)39(52)28-37/h9-11,13-14,18-21,28,30-31,33,36,46-47H,7-8,12,15-17,22-27H2,1-6H3,(H,56,64)(H,58,62)/t33-,36-,46?,47?/m0/s1. The lowest BCUT2D eigenvalue weighted by atomic mass is 9.49. The summed E-state index contributed by atoms with van der Waals surface area (Å²) in [7, 11) is 1.37. The summed E-state index contributed by atoms with van der Waals surface area (Å²) in [4.78, 5) is 58.8. The molecule has 3 amide bonds. The molecule has 66 heavy (non-hydrogen) atoms. The highest BCUT2D eigenvalue weighted by molar-refractivity contribution is 6.31. The number of nitriles is 1. The van der Waals surface area contributed by atoms with Crippen molar-refractivity contribution in [2.24, 2.45) is 16.7 Å².